The van der Waals surface area contributed by atoms with Gasteiger partial charge in [0.25, 0.3) is 15.9 Å². The van der Waals surface area contributed by atoms with Crippen molar-refractivity contribution in [1.82, 2.24) is 5.43 Å². The molecule has 0 aromatic heterocycles. The van der Waals surface area contributed by atoms with Crippen LogP contribution in [-0.2, 0) is 19.6 Å². The zero-order chi connectivity index (χ0) is 19.3. The van der Waals surface area contributed by atoms with Crippen LogP contribution < -0.4 is 20.9 Å². The molecule has 0 aliphatic carbocycles. The normalized spacial score (nSPS) is 10.9. The van der Waals surface area contributed by atoms with Crippen molar-refractivity contribution in [2.75, 3.05) is 16.2 Å². The Hall–Kier alpha value is -2.43. The van der Waals surface area contributed by atoms with E-state index in [2.05, 4.69) is 21.2 Å². The summed E-state index contributed by atoms with van der Waals surface area (Å²) in [6, 6.07) is 12.1. The predicted octanol–water partition coefficient (Wildman–Crippen LogP) is 1.59. The minimum absolute atomic E-state index is 0.0284. The maximum absolute atomic E-state index is 13.0. The number of hydrogen-bond donors (Lipinski definition) is 3. The van der Waals surface area contributed by atoms with Gasteiger partial charge in [-0.05, 0) is 48.5 Å². The van der Waals surface area contributed by atoms with Crippen LogP contribution in [-0.4, -0.2) is 26.8 Å². The molecule has 2 aromatic carbocycles. The topological polar surface area (TPSA) is 122 Å². The Morgan fingerprint density at radius 1 is 1.08 bits per heavy atom. The van der Waals surface area contributed by atoms with Gasteiger partial charge in [-0.25, -0.2) is 14.3 Å². The van der Waals surface area contributed by atoms with E-state index < -0.39 is 22.5 Å². The van der Waals surface area contributed by atoms with Crippen molar-refractivity contribution in [2.45, 2.75) is 11.8 Å². The molecule has 0 fully saturated rings. The highest BCUT2D eigenvalue weighted by molar-refractivity contribution is 9.10. The highest BCUT2D eigenvalue weighted by Gasteiger charge is 2.27. The van der Waals surface area contributed by atoms with Gasteiger partial charge in [0.15, 0.2) is 0 Å². The highest BCUT2D eigenvalue weighted by Crippen LogP contribution is 2.26. The van der Waals surface area contributed by atoms with Crippen molar-refractivity contribution in [2.24, 2.45) is 5.84 Å². The van der Waals surface area contributed by atoms with Gasteiger partial charge in [0.05, 0.1) is 10.6 Å². The van der Waals surface area contributed by atoms with Crippen molar-refractivity contribution < 1.29 is 18.0 Å². The smallest absolute Gasteiger partial charge is 0.264 e. The van der Waals surface area contributed by atoms with Crippen LogP contribution in [0.2, 0.25) is 0 Å². The molecule has 0 aliphatic rings. The molecule has 10 heteroatoms. The number of carbonyl (C=O) groups excluding carboxylic acids is 2. The molecule has 138 valence electrons. The first-order valence-corrected chi connectivity index (χ1v) is 9.63. The Morgan fingerprint density at radius 2 is 1.65 bits per heavy atom. The lowest BCUT2D eigenvalue weighted by Gasteiger charge is -2.24. The lowest BCUT2D eigenvalue weighted by atomic mass is 10.3. The number of nitrogens with zero attached hydrogens (tertiary/aromatic N) is 1. The zero-order valence-electron chi connectivity index (χ0n) is 13.8. The summed E-state index contributed by atoms with van der Waals surface area (Å²) < 4.78 is 27.7. The molecule has 2 rings (SSSR count). The summed E-state index contributed by atoms with van der Waals surface area (Å²) in [5.74, 6) is 4.17. The quantitative estimate of drug-likeness (QED) is 0.357. The molecule has 0 unspecified atom stereocenters. The van der Waals surface area contributed by atoms with Gasteiger partial charge >= 0.3 is 0 Å². The van der Waals surface area contributed by atoms with Crippen molar-refractivity contribution in [3.05, 3.63) is 53.0 Å². The maximum atomic E-state index is 13.0. The van der Waals surface area contributed by atoms with E-state index >= 15 is 0 Å². The number of hydrazine groups is 1. The number of rotatable bonds is 6. The van der Waals surface area contributed by atoms with Crippen LogP contribution in [0, 0.1) is 0 Å². The van der Waals surface area contributed by atoms with E-state index in [1.54, 1.807) is 24.3 Å². The lowest BCUT2D eigenvalue weighted by Crippen LogP contribution is -2.43. The molecule has 4 N–H and O–H groups in total. The average molecular weight is 441 g/mol. The first kappa shape index (κ1) is 19.9. The standard InChI is InChI=1S/C16H17BrN4O4S/c1-11(22)19-13-4-8-15(9-5-13)26(24,25)21(10-16(23)20-18)14-6-2-12(17)3-7-14/h2-9H,10,18H2,1H3,(H,19,22)(H,20,23). The van der Waals surface area contributed by atoms with Crippen LogP contribution in [0.25, 0.3) is 0 Å². The van der Waals surface area contributed by atoms with E-state index in [1.165, 1.54) is 31.2 Å². The first-order valence-electron chi connectivity index (χ1n) is 7.39. The third-order valence-corrected chi connectivity index (χ3v) is 5.64. The van der Waals surface area contributed by atoms with Crippen LogP contribution in [0.1, 0.15) is 6.92 Å². The first-order chi connectivity index (χ1) is 12.2. The number of nitrogens with one attached hydrogen (secondary N) is 2. The van der Waals surface area contributed by atoms with Crippen LogP contribution >= 0.6 is 15.9 Å². The fraction of sp³-hybridized carbons (Fsp3) is 0.125. The minimum Gasteiger partial charge on any atom is -0.326 e. The predicted molar refractivity (Wildman–Crippen MR) is 102 cm³/mol. The number of halogens is 1. The highest BCUT2D eigenvalue weighted by atomic mass is 79.9. The molecule has 0 spiro atoms. The van der Waals surface area contributed by atoms with Crippen molar-refractivity contribution in [3.63, 3.8) is 0 Å². The molecule has 0 heterocycles. The van der Waals surface area contributed by atoms with Gasteiger partial charge in [0.1, 0.15) is 6.54 Å². The average Bonchev–Trinajstić information content (AvgIpc) is 2.60. The number of amides is 2. The zero-order valence-corrected chi connectivity index (χ0v) is 16.2. The molecule has 8 nitrogen and oxygen atoms in total. The van der Waals surface area contributed by atoms with E-state index in [1.807, 2.05) is 5.43 Å². The molecular formula is C16H17BrN4O4S. The van der Waals surface area contributed by atoms with Gasteiger partial charge in [-0.15, -0.1) is 0 Å². The second-order valence-corrected chi connectivity index (χ2v) is 8.04. The number of sulfonamides is 1. The summed E-state index contributed by atoms with van der Waals surface area (Å²) in [5.41, 5.74) is 2.70. The number of benzene rings is 2. The second kappa shape index (κ2) is 8.30. The van der Waals surface area contributed by atoms with Gasteiger partial charge in [-0.3, -0.25) is 19.3 Å². The lowest BCUT2D eigenvalue weighted by molar-refractivity contribution is -0.119. The van der Waals surface area contributed by atoms with Crippen LogP contribution in [0.3, 0.4) is 0 Å². The van der Waals surface area contributed by atoms with Crippen molar-refractivity contribution >= 4 is 49.1 Å². The molecule has 0 radical (unpaired) electrons. The van der Waals surface area contributed by atoms with E-state index in [0.29, 0.717) is 11.4 Å². The summed E-state index contributed by atoms with van der Waals surface area (Å²) in [4.78, 5) is 22.8. The summed E-state index contributed by atoms with van der Waals surface area (Å²) in [5, 5.41) is 2.56. The molecule has 26 heavy (non-hydrogen) atoms. The van der Waals surface area contributed by atoms with E-state index in [-0.39, 0.29) is 10.8 Å². The Morgan fingerprint density at radius 3 is 2.15 bits per heavy atom. The summed E-state index contributed by atoms with van der Waals surface area (Å²) in [7, 11) is -4.03. The van der Waals surface area contributed by atoms with Gasteiger partial charge in [0.2, 0.25) is 5.91 Å². The van der Waals surface area contributed by atoms with Crippen LogP contribution in [0.15, 0.2) is 57.9 Å². The van der Waals surface area contributed by atoms with Crippen LogP contribution in [0.5, 0.6) is 0 Å². The van der Waals surface area contributed by atoms with E-state index in [4.69, 9.17) is 5.84 Å². The van der Waals surface area contributed by atoms with Crippen molar-refractivity contribution in [1.29, 1.82) is 0 Å². The SMILES string of the molecule is CC(=O)Nc1ccc(S(=O)(=O)N(CC(=O)NN)c2ccc(Br)cc2)cc1. The third-order valence-electron chi connectivity index (χ3n) is 3.33. The van der Waals surface area contributed by atoms with Crippen LogP contribution in [0.4, 0.5) is 11.4 Å². The largest absolute Gasteiger partial charge is 0.326 e. The molecule has 0 saturated carbocycles. The van der Waals surface area contributed by atoms with Gasteiger partial charge < -0.3 is 5.32 Å². The second-order valence-electron chi connectivity index (χ2n) is 5.26. The number of carbonyl (C=O) groups is 2. The molecular weight excluding hydrogens is 424 g/mol. The number of nitrogens with two attached hydrogens (primary N) is 1. The summed E-state index contributed by atoms with van der Waals surface area (Å²) >= 11 is 3.28. The third kappa shape index (κ3) is 4.81. The molecule has 0 aliphatic heterocycles. The molecule has 0 atom stereocenters. The monoisotopic (exact) mass is 440 g/mol. The Balaban J connectivity index is 2.42. The van der Waals surface area contributed by atoms with E-state index in [0.717, 1.165) is 8.78 Å². The van der Waals surface area contributed by atoms with Gasteiger partial charge in [-0.2, -0.15) is 0 Å². The molecule has 2 amide bonds. The van der Waals surface area contributed by atoms with Gasteiger partial charge in [-0.1, -0.05) is 15.9 Å². The number of hydrogen-bond acceptors (Lipinski definition) is 5. The number of anilines is 2. The Labute approximate surface area is 159 Å². The fourth-order valence-corrected chi connectivity index (χ4v) is 3.82. The summed E-state index contributed by atoms with van der Waals surface area (Å²) in [6.07, 6.45) is 0. The molecule has 0 bridgehead atoms. The Kier molecular flexibility index (Phi) is 6.35. The minimum atomic E-state index is -4.03. The summed E-state index contributed by atoms with van der Waals surface area (Å²) in [6.45, 7) is 0.874. The fourth-order valence-electron chi connectivity index (χ4n) is 2.14. The maximum Gasteiger partial charge on any atom is 0.264 e. The molecule has 2 aromatic rings. The van der Waals surface area contributed by atoms with Crippen molar-refractivity contribution in [3.8, 4) is 0 Å². The van der Waals surface area contributed by atoms with E-state index in [9.17, 15) is 18.0 Å². The Bertz CT molecular complexity index is 899. The molecule has 0 saturated heterocycles. The van der Waals surface area contributed by atoms with Gasteiger partial charge in [0, 0.05) is 17.1 Å².